The van der Waals surface area contributed by atoms with E-state index in [1.807, 2.05) is 11.8 Å². The van der Waals surface area contributed by atoms with Gasteiger partial charge in [-0.2, -0.15) is 0 Å². The summed E-state index contributed by atoms with van der Waals surface area (Å²) in [5, 5.41) is 3.28. The lowest BCUT2D eigenvalue weighted by molar-refractivity contribution is -0.142. The summed E-state index contributed by atoms with van der Waals surface area (Å²) in [5.41, 5.74) is 0. The molecule has 0 spiro atoms. The second-order valence-corrected chi connectivity index (χ2v) is 9.64. The standard InChI is InChI=1S/C21H32N4O4S/c1-2-22-21(23-11-7-17-30(27,28)18-8-4-3-5-9-18)25-14-12-24(13-15-25)20(26)19-10-6-16-29-19/h3-5,8-9,19H,2,6-7,10-17H2,1H3,(H,22,23). The largest absolute Gasteiger partial charge is 0.368 e. The lowest BCUT2D eigenvalue weighted by Crippen LogP contribution is -2.55. The van der Waals surface area contributed by atoms with Crippen molar-refractivity contribution >= 4 is 21.7 Å². The number of nitrogens with one attached hydrogen (secondary N) is 1. The molecular formula is C21H32N4O4S. The molecule has 8 nitrogen and oxygen atoms in total. The summed E-state index contributed by atoms with van der Waals surface area (Å²) in [4.78, 5) is 21.5. The molecule has 0 radical (unpaired) electrons. The molecule has 30 heavy (non-hydrogen) atoms. The minimum absolute atomic E-state index is 0.0730. The van der Waals surface area contributed by atoms with E-state index in [9.17, 15) is 13.2 Å². The van der Waals surface area contributed by atoms with Crippen LogP contribution in [-0.2, 0) is 19.4 Å². The molecule has 2 heterocycles. The molecule has 2 aliphatic rings. The zero-order valence-electron chi connectivity index (χ0n) is 17.6. The third-order valence-corrected chi connectivity index (χ3v) is 7.18. The van der Waals surface area contributed by atoms with E-state index in [2.05, 4.69) is 15.2 Å². The van der Waals surface area contributed by atoms with Crippen molar-refractivity contribution in [3.05, 3.63) is 30.3 Å². The fourth-order valence-corrected chi connectivity index (χ4v) is 5.04. The summed E-state index contributed by atoms with van der Waals surface area (Å²) in [6, 6.07) is 8.52. The van der Waals surface area contributed by atoms with Gasteiger partial charge in [0.15, 0.2) is 15.8 Å². The maximum Gasteiger partial charge on any atom is 0.251 e. The molecule has 1 atom stereocenters. The Labute approximate surface area is 179 Å². The first-order chi connectivity index (χ1) is 14.5. The Morgan fingerprint density at radius 3 is 2.50 bits per heavy atom. The minimum Gasteiger partial charge on any atom is -0.368 e. The van der Waals surface area contributed by atoms with Gasteiger partial charge < -0.3 is 19.9 Å². The predicted octanol–water partition coefficient (Wildman–Crippen LogP) is 1.14. The van der Waals surface area contributed by atoms with Crippen LogP contribution in [-0.4, -0.2) is 87.8 Å². The van der Waals surface area contributed by atoms with E-state index in [4.69, 9.17) is 4.74 Å². The molecule has 9 heteroatoms. The monoisotopic (exact) mass is 436 g/mol. The number of carbonyl (C=O) groups is 1. The lowest BCUT2D eigenvalue weighted by Gasteiger charge is -2.37. The summed E-state index contributed by atoms with van der Waals surface area (Å²) >= 11 is 0. The Balaban J connectivity index is 1.49. The van der Waals surface area contributed by atoms with Crippen LogP contribution in [0.15, 0.2) is 40.2 Å². The number of ether oxygens (including phenoxy) is 1. The number of hydrogen-bond acceptors (Lipinski definition) is 5. The number of sulfone groups is 1. The van der Waals surface area contributed by atoms with Crippen molar-refractivity contribution in [2.45, 2.75) is 37.2 Å². The Hall–Kier alpha value is -2.13. The van der Waals surface area contributed by atoms with Crippen LogP contribution in [0.4, 0.5) is 0 Å². The Bertz CT molecular complexity index is 815. The van der Waals surface area contributed by atoms with Gasteiger partial charge in [-0.15, -0.1) is 0 Å². The predicted molar refractivity (Wildman–Crippen MR) is 116 cm³/mol. The lowest BCUT2D eigenvalue weighted by atomic mass is 10.2. The van der Waals surface area contributed by atoms with Gasteiger partial charge in [-0.3, -0.25) is 9.79 Å². The number of benzene rings is 1. The average Bonchev–Trinajstić information content (AvgIpc) is 3.31. The van der Waals surface area contributed by atoms with Crippen LogP contribution >= 0.6 is 0 Å². The van der Waals surface area contributed by atoms with E-state index in [-0.39, 0.29) is 17.8 Å². The van der Waals surface area contributed by atoms with Gasteiger partial charge in [0.05, 0.1) is 10.6 Å². The van der Waals surface area contributed by atoms with Gasteiger partial charge >= 0.3 is 0 Å². The van der Waals surface area contributed by atoms with E-state index < -0.39 is 9.84 Å². The van der Waals surface area contributed by atoms with Crippen molar-refractivity contribution in [1.29, 1.82) is 0 Å². The summed E-state index contributed by atoms with van der Waals surface area (Å²) in [6.07, 6.45) is 1.96. The van der Waals surface area contributed by atoms with E-state index in [0.717, 1.165) is 25.3 Å². The fraction of sp³-hybridized carbons (Fsp3) is 0.619. The number of carbonyl (C=O) groups excluding carboxylic acids is 1. The zero-order chi connectivity index (χ0) is 21.4. The number of aliphatic imine (C=N–C) groups is 1. The molecule has 2 saturated heterocycles. The van der Waals surface area contributed by atoms with E-state index >= 15 is 0 Å². The van der Waals surface area contributed by atoms with Crippen molar-refractivity contribution in [3.8, 4) is 0 Å². The average molecular weight is 437 g/mol. The van der Waals surface area contributed by atoms with Gasteiger partial charge in [0, 0.05) is 45.9 Å². The normalized spacial score (nSPS) is 20.4. The molecule has 2 aliphatic heterocycles. The smallest absolute Gasteiger partial charge is 0.251 e. The topological polar surface area (TPSA) is 91.3 Å². The van der Waals surface area contributed by atoms with Gasteiger partial charge in [0.2, 0.25) is 0 Å². The summed E-state index contributed by atoms with van der Waals surface area (Å²) in [7, 11) is -3.28. The maximum absolute atomic E-state index is 12.5. The minimum atomic E-state index is -3.28. The van der Waals surface area contributed by atoms with Crippen molar-refractivity contribution in [2.24, 2.45) is 4.99 Å². The molecule has 0 aliphatic carbocycles. The quantitative estimate of drug-likeness (QED) is 0.392. The third kappa shape index (κ3) is 5.95. The first kappa shape index (κ1) is 22.6. The summed E-state index contributed by atoms with van der Waals surface area (Å²) in [5.74, 6) is 0.947. The van der Waals surface area contributed by atoms with E-state index in [1.165, 1.54) is 0 Å². The Kier molecular flexibility index (Phi) is 8.09. The number of amides is 1. The first-order valence-electron chi connectivity index (χ1n) is 10.7. The van der Waals surface area contributed by atoms with Crippen LogP contribution in [0.2, 0.25) is 0 Å². The highest BCUT2D eigenvalue weighted by atomic mass is 32.2. The number of guanidine groups is 1. The number of rotatable bonds is 7. The van der Waals surface area contributed by atoms with Crippen molar-refractivity contribution in [3.63, 3.8) is 0 Å². The van der Waals surface area contributed by atoms with Crippen LogP contribution in [0.3, 0.4) is 0 Å². The summed E-state index contributed by atoms with van der Waals surface area (Å²) < 4.78 is 30.3. The second-order valence-electron chi connectivity index (χ2n) is 7.54. The van der Waals surface area contributed by atoms with Gasteiger partial charge in [-0.05, 0) is 38.3 Å². The van der Waals surface area contributed by atoms with Crippen LogP contribution in [0, 0.1) is 0 Å². The van der Waals surface area contributed by atoms with Crippen molar-refractivity contribution in [2.75, 3.05) is 51.6 Å². The van der Waals surface area contributed by atoms with Crippen LogP contribution < -0.4 is 5.32 Å². The van der Waals surface area contributed by atoms with Gasteiger partial charge in [0.1, 0.15) is 6.10 Å². The van der Waals surface area contributed by atoms with Crippen LogP contribution in [0.25, 0.3) is 0 Å². The molecule has 1 unspecified atom stereocenters. The molecule has 166 valence electrons. The van der Waals surface area contributed by atoms with E-state index in [0.29, 0.717) is 50.6 Å². The van der Waals surface area contributed by atoms with Crippen LogP contribution in [0.1, 0.15) is 26.2 Å². The van der Waals surface area contributed by atoms with E-state index in [1.54, 1.807) is 30.3 Å². The molecule has 1 amide bonds. The first-order valence-corrected chi connectivity index (χ1v) is 12.4. The number of hydrogen-bond donors (Lipinski definition) is 1. The number of nitrogens with zero attached hydrogens (tertiary/aromatic N) is 3. The third-order valence-electron chi connectivity index (χ3n) is 5.37. The van der Waals surface area contributed by atoms with Gasteiger partial charge in [0.25, 0.3) is 5.91 Å². The Morgan fingerprint density at radius 1 is 1.17 bits per heavy atom. The van der Waals surface area contributed by atoms with Gasteiger partial charge in [-0.1, -0.05) is 18.2 Å². The highest BCUT2D eigenvalue weighted by Crippen LogP contribution is 2.16. The molecule has 0 bridgehead atoms. The molecule has 3 rings (SSSR count). The van der Waals surface area contributed by atoms with Crippen molar-refractivity contribution < 1.29 is 17.9 Å². The zero-order valence-corrected chi connectivity index (χ0v) is 18.4. The Morgan fingerprint density at radius 2 is 1.87 bits per heavy atom. The SMILES string of the molecule is CCNC(=NCCCS(=O)(=O)c1ccccc1)N1CCN(C(=O)C2CCCO2)CC1. The fourth-order valence-electron chi connectivity index (χ4n) is 3.73. The highest BCUT2D eigenvalue weighted by molar-refractivity contribution is 7.91. The number of piperazine rings is 1. The van der Waals surface area contributed by atoms with Gasteiger partial charge in [-0.25, -0.2) is 8.42 Å². The molecule has 1 aromatic rings. The molecule has 2 fully saturated rings. The molecular weight excluding hydrogens is 404 g/mol. The molecule has 1 aromatic carbocycles. The molecule has 0 aromatic heterocycles. The summed E-state index contributed by atoms with van der Waals surface area (Å²) in [6.45, 7) is 6.54. The highest BCUT2D eigenvalue weighted by Gasteiger charge is 2.30. The molecule has 1 N–H and O–H groups in total. The maximum atomic E-state index is 12.5. The molecule has 0 saturated carbocycles. The second kappa shape index (κ2) is 10.8. The van der Waals surface area contributed by atoms with Crippen LogP contribution in [0.5, 0.6) is 0 Å². The van der Waals surface area contributed by atoms with Crippen molar-refractivity contribution in [1.82, 2.24) is 15.1 Å².